The van der Waals surface area contributed by atoms with Gasteiger partial charge in [0.05, 0.1) is 13.0 Å². The van der Waals surface area contributed by atoms with Crippen molar-refractivity contribution >= 4 is 53.6 Å². The van der Waals surface area contributed by atoms with Gasteiger partial charge in [-0.1, -0.05) is 44.2 Å². The maximum atomic E-state index is 14.1. The summed E-state index contributed by atoms with van der Waals surface area (Å²) >= 11 is 0. The van der Waals surface area contributed by atoms with E-state index in [1.165, 1.54) is 0 Å². The monoisotopic (exact) mass is 877 g/mol. The van der Waals surface area contributed by atoms with E-state index in [1.54, 1.807) is 113 Å². The molecule has 20 nitrogen and oxygen atoms in total. The molecule has 0 spiro atoms. The van der Waals surface area contributed by atoms with E-state index >= 15 is 0 Å². The van der Waals surface area contributed by atoms with Gasteiger partial charge >= 0.3 is 30.0 Å². The Bertz CT molecular complexity index is 1770. The zero-order valence-corrected chi connectivity index (χ0v) is 37.7. The first-order valence-corrected chi connectivity index (χ1v) is 20.3. The summed E-state index contributed by atoms with van der Waals surface area (Å²) in [5.74, 6) is -8.07. The maximum absolute atomic E-state index is 14.1. The van der Waals surface area contributed by atoms with E-state index in [0.29, 0.717) is 10.6 Å². The molecule has 0 unspecified atom stereocenters. The second kappa shape index (κ2) is 22.9. The number of esters is 4. The van der Waals surface area contributed by atoms with E-state index in [-0.39, 0.29) is 19.6 Å². The highest BCUT2D eigenvalue weighted by atomic mass is 16.6. The Labute approximate surface area is 362 Å². The van der Waals surface area contributed by atoms with Crippen molar-refractivity contribution in [3.63, 3.8) is 0 Å². The standard InChI is InChI=1S/C42H63N5O15/c1-13-57-38(55)33-32(59-33)37(54)47(22-30(50)62-42(10,11)12)46-36(53)31(24(2)3)45-34(51)26(19-20-28(48)60-40(4,5)6)43-35(52)27(21-29(49)61-41(7,8)9)44-39(56)58-23-25-17-15-14-16-18-25/h14-18,24,26-27,31-33H,13,19-23H2,1-12H3,(H,43,52)(H,44,56)(H,45,51)(H,46,53)/t26-,27-,31-,32+,33+/m0/s1. The van der Waals surface area contributed by atoms with Gasteiger partial charge in [0, 0.05) is 6.42 Å². The summed E-state index contributed by atoms with van der Waals surface area (Å²) in [4.78, 5) is 119. The lowest BCUT2D eigenvalue weighted by Gasteiger charge is -2.30. The number of nitrogens with zero attached hydrogens (tertiary/aromatic N) is 1. The molecule has 5 atom stereocenters. The van der Waals surface area contributed by atoms with Crippen LogP contribution in [0.1, 0.15) is 108 Å². The number of carbonyl (C=O) groups is 9. The van der Waals surface area contributed by atoms with E-state index in [4.69, 9.17) is 28.4 Å². The number of benzene rings is 1. The molecule has 2 rings (SSSR count). The van der Waals surface area contributed by atoms with Crippen molar-refractivity contribution in [3.8, 4) is 0 Å². The molecule has 0 aromatic heterocycles. The Hall–Kier alpha value is -5.79. The molecule has 20 heteroatoms. The number of alkyl carbamates (subject to hydrolysis) is 1. The van der Waals surface area contributed by atoms with Crippen molar-refractivity contribution in [1.29, 1.82) is 0 Å². The van der Waals surface area contributed by atoms with Gasteiger partial charge in [0.2, 0.25) is 11.8 Å². The normalized spacial score (nSPS) is 16.3. The summed E-state index contributed by atoms with van der Waals surface area (Å²) in [5.41, 5.74) is 0.117. The average Bonchev–Trinajstić information content (AvgIpc) is 3.93. The molecule has 5 amide bonds. The van der Waals surface area contributed by atoms with Crippen LogP contribution in [0.3, 0.4) is 0 Å². The summed E-state index contributed by atoms with van der Waals surface area (Å²) in [6, 6.07) is 3.95. The van der Waals surface area contributed by atoms with Crippen molar-refractivity contribution in [1.82, 2.24) is 26.4 Å². The Balaban J connectivity index is 2.41. The molecule has 0 saturated carbocycles. The third kappa shape index (κ3) is 19.7. The van der Waals surface area contributed by atoms with Crippen LogP contribution >= 0.6 is 0 Å². The van der Waals surface area contributed by atoms with Crippen LogP contribution in [0.5, 0.6) is 0 Å². The number of hydrogen-bond donors (Lipinski definition) is 4. The molecule has 1 fully saturated rings. The van der Waals surface area contributed by atoms with Crippen LogP contribution in [0.2, 0.25) is 0 Å². The van der Waals surface area contributed by atoms with Crippen LogP contribution in [0.25, 0.3) is 0 Å². The highest BCUT2D eigenvalue weighted by Gasteiger charge is 2.54. The second-order valence-corrected chi connectivity index (χ2v) is 17.7. The predicted molar refractivity (Wildman–Crippen MR) is 219 cm³/mol. The van der Waals surface area contributed by atoms with Crippen LogP contribution in [0, 0.1) is 5.92 Å². The molecule has 346 valence electrons. The fourth-order valence-corrected chi connectivity index (χ4v) is 5.39. The third-order valence-electron chi connectivity index (χ3n) is 8.02. The highest BCUT2D eigenvalue weighted by molar-refractivity contribution is 5.98. The molecule has 1 heterocycles. The van der Waals surface area contributed by atoms with Crippen LogP contribution in [0.4, 0.5) is 4.79 Å². The first kappa shape index (κ1) is 52.3. The van der Waals surface area contributed by atoms with E-state index in [2.05, 4.69) is 21.4 Å². The number of epoxide rings is 1. The molecule has 4 N–H and O–H groups in total. The summed E-state index contributed by atoms with van der Waals surface area (Å²) in [6.45, 7) is 18.2. The highest BCUT2D eigenvalue weighted by Crippen LogP contribution is 2.25. The van der Waals surface area contributed by atoms with E-state index < -0.39 is 126 Å². The fourth-order valence-electron chi connectivity index (χ4n) is 5.39. The number of carbonyl (C=O) groups excluding carboxylic acids is 9. The minimum atomic E-state index is -1.65. The Morgan fingerprint density at radius 1 is 0.677 bits per heavy atom. The van der Waals surface area contributed by atoms with Gasteiger partial charge in [0.15, 0.2) is 12.2 Å². The molecule has 0 radical (unpaired) electrons. The summed E-state index contributed by atoms with van der Waals surface area (Å²) in [6.07, 6.45) is -5.22. The molecule has 62 heavy (non-hydrogen) atoms. The van der Waals surface area contributed by atoms with Gasteiger partial charge in [-0.25, -0.2) is 14.6 Å². The second-order valence-electron chi connectivity index (χ2n) is 17.7. The number of hydrogen-bond acceptors (Lipinski definition) is 15. The molecular formula is C42H63N5O15. The van der Waals surface area contributed by atoms with E-state index in [1.807, 2.05) is 0 Å². The molecule has 1 aliphatic heterocycles. The van der Waals surface area contributed by atoms with Gasteiger partial charge in [-0.15, -0.1) is 0 Å². The largest absolute Gasteiger partial charge is 0.464 e. The van der Waals surface area contributed by atoms with Crippen molar-refractivity contribution < 1.29 is 71.6 Å². The minimum absolute atomic E-state index is 0.00908. The summed E-state index contributed by atoms with van der Waals surface area (Å²) < 4.78 is 31.5. The quantitative estimate of drug-likeness (QED) is 0.0673. The van der Waals surface area contributed by atoms with E-state index in [0.717, 1.165) is 0 Å². The van der Waals surface area contributed by atoms with Gasteiger partial charge in [0.1, 0.15) is 48.1 Å². The van der Waals surface area contributed by atoms with Gasteiger partial charge in [0.25, 0.3) is 11.8 Å². The lowest BCUT2D eigenvalue weighted by molar-refractivity contribution is -0.162. The molecule has 0 aliphatic carbocycles. The summed E-state index contributed by atoms with van der Waals surface area (Å²) in [7, 11) is 0. The zero-order chi connectivity index (χ0) is 47.2. The molecule has 1 aromatic carbocycles. The summed E-state index contributed by atoms with van der Waals surface area (Å²) in [5, 5.41) is 7.94. The van der Waals surface area contributed by atoms with Crippen molar-refractivity contribution in [2.24, 2.45) is 5.92 Å². The van der Waals surface area contributed by atoms with Crippen LogP contribution in [0.15, 0.2) is 30.3 Å². The van der Waals surface area contributed by atoms with Crippen molar-refractivity contribution in [2.75, 3.05) is 13.2 Å². The minimum Gasteiger partial charge on any atom is -0.464 e. The van der Waals surface area contributed by atoms with Crippen molar-refractivity contribution in [2.45, 2.75) is 156 Å². The van der Waals surface area contributed by atoms with Gasteiger partial charge in [-0.05, 0) is 87.1 Å². The SMILES string of the molecule is CCOC(=O)[C@@H]1O[C@H]1C(=O)N(CC(=O)OC(C)(C)C)NC(=O)[C@@H](NC(=O)[C@H](CCC(=O)OC(C)(C)C)NC(=O)[C@H](CC(=O)OC(C)(C)C)NC(=O)OCc1ccccc1)C(C)C. The van der Waals surface area contributed by atoms with E-state index in [9.17, 15) is 43.2 Å². The lowest BCUT2D eigenvalue weighted by atomic mass is 10.0. The number of hydrazine groups is 1. The van der Waals surface area contributed by atoms with Crippen LogP contribution < -0.4 is 21.4 Å². The number of ether oxygens (including phenoxy) is 6. The van der Waals surface area contributed by atoms with Gasteiger partial charge < -0.3 is 44.4 Å². The smallest absolute Gasteiger partial charge is 0.408 e. The predicted octanol–water partition coefficient (Wildman–Crippen LogP) is 2.29. The lowest BCUT2D eigenvalue weighted by Crippen LogP contribution is -2.61. The van der Waals surface area contributed by atoms with Gasteiger partial charge in [-0.3, -0.25) is 39.0 Å². The Kier molecular flexibility index (Phi) is 19.3. The van der Waals surface area contributed by atoms with Crippen LogP contribution in [-0.4, -0.2) is 119 Å². The zero-order valence-electron chi connectivity index (χ0n) is 37.7. The molecular weight excluding hydrogens is 814 g/mol. The number of nitrogens with one attached hydrogen (secondary N) is 4. The van der Waals surface area contributed by atoms with Crippen LogP contribution in [-0.2, 0) is 73.4 Å². The first-order valence-electron chi connectivity index (χ1n) is 20.3. The first-order chi connectivity index (χ1) is 28.6. The molecule has 1 aromatic rings. The number of amides is 5. The Morgan fingerprint density at radius 3 is 1.77 bits per heavy atom. The fraction of sp³-hybridized carbons (Fsp3) is 0.643. The topological polar surface area (TPSA) is 264 Å². The maximum Gasteiger partial charge on any atom is 0.408 e. The molecule has 1 saturated heterocycles. The number of rotatable bonds is 19. The van der Waals surface area contributed by atoms with Crippen molar-refractivity contribution in [3.05, 3.63) is 35.9 Å². The average molecular weight is 878 g/mol. The molecule has 1 aliphatic rings. The van der Waals surface area contributed by atoms with Gasteiger partial charge in [-0.2, -0.15) is 0 Å². The molecule has 0 bridgehead atoms. The third-order valence-corrected chi connectivity index (χ3v) is 8.02. The Morgan fingerprint density at radius 2 is 1.23 bits per heavy atom.